The molecule has 1 amide bonds. The first-order chi connectivity index (χ1) is 18.2. The number of amides is 1. The third-order valence-corrected chi connectivity index (χ3v) is 6.52. The molecule has 0 fully saturated rings. The zero-order valence-electron chi connectivity index (χ0n) is 24.2. The van der Waals surface area contributed by atoms with Gasteiger partial charge in [-0.15, -0.1) is 0 Å². The molecule has 37 heavy (non-hydrogen) atoms. The summed E-state index contributed by atoms with van der Waals surface area (Å²) in [6, 6.07) is -0.643. The minimum Gasteiger partial charge on any atom is -0.394 e. The summed E-state index contributed by atoms with van der Waals surface area (Å²) < 4.78 is 0. The van der Waals surface area contributed by atoms with Gasteiger partial charge in [-0.1, -0.05) is 120 Å². The van der Waals surface area contributed by atoms with Gasteiger partial charge in [-0.05, 0) is 57.8 Å². The van der Waals surface area contributed by atoms with Crippen LogP contribution >= 0.6 is 0 Å². The van der Waals surface area contributed by atoms with Gasteiger partial charge >= 0.3 is 0 Å². The Hall–Kier alpha value is -1.65. The van der Waals surface area contributed by atoms with Gasteiger partial charge in [0.2, 0.25) is 5.91 Å². The fourth-order valence-electron chi connectivity index (χ4n) is 4.11. The van der Waals surface area contributed by atoms with Gasteiger partial charge in [0.25, 0.3) is 0 Å². The Balaban J connectivity index is 3.79. The lowest BCUT2D eigenvalue weighted by Gasteiger charge is -2.19. The molecular weight excluding hydrogens is 458 g/mol. The van der Waals surface area contributed by atoms with Gasteiger partial charge in [0.1, 0.15) is 0 Å². The Labute approximate surface area is 229 Å². The lowest BCUT2D eigenvalue weighted by molar-refractivity contribution is -0.123. The number of hydrogen-bond donors (Lipinski definition) is 3. The van der Waals surface area contributed by atoms with Gasteiger partial charge in [0, 0.05) is 6.42 Å². The average Bonchev–Trinajstić information content (AvgIpc) is 2.90. The molecule has 0 aliphatic heterocycles. The summed E-state index contributed by atoms with van der Waals surface area (Å²) in [4.78, 5) is 12.2. The maximum Gasteiger partial charge on any atom is 0.220 e. The van der Waals surface area contributed by atoms with Gasteiger partial charge in [-0.2, -0.15) is 0 Å². The molecule has 0 bridgehead atoms. The summed E-state index contributed by atoms with van der Waals surface area (Å²) in [5, 5.41) is 22.7. The first-order valence-electron chi connectivity index (χ1n) is 15.4. The number of aliphatic hydroxyl groups is 2. The number of hydrogen-bond acceptors (Lipinski definition) is 3. The molecular formula is C33H59NO3. The molecule has 0 saturated carbocycles. The number of aliphatic hydroxyl groups excluding tert-OH is 2. The second kappa shape index (κ2) is 28.9. The maximum atomic E-state index is 12.2. The monoisotopic (exact) mass is 517 g/mol. The second-order valence-electron chi connectivity index (χ2n) is 10.2. The normalized spacial score (nSPS) is 13.9. The van der Waals surface area contributed by atoms with Crippen LogP contribution in [0.25, 0.3) is 0 Å². The molecule has 2 unspecified atom stereocenters. The van der Waals surface area contributed by atoms with E-state index in [1.807, 2.05) is 6.08 Å². The number of rotatable bonds is 26. The highest BCUT2D eigenvalue weighted by atomic mass is 16.3. The van der Waals surface area contributed by atoms with Crippen molar-refractivity contribution in [1.29, 1.82) is 0 Å². The Morgan fingerprint density at radius 3 is 1.84 bits per heavy atom. The summed E-state index contributed by atoms with van der Waals surface area (Å²) >= 11 is 0. The zero-order chi connectivity index (χ0) is 27.2. The zero-order valence-corrected chi connectivity index (χ0v) is 24.2. The van der Waals surface area contributed by atoms with Crippen molar-refractivity contribution in [3.63, 3.8) is 0 Å². The molecule has 0 aromatic rings. The van der Waals surface area contributed by atoms with Crippen molar-refractivity contribution in [1.82, 2.24) is 5.32 Å². The van der Waals surface area contributed by atoms with Crippen LogP contribution in [0.4, 0.5) is 0 Å². The Bertz CT molecular complexity index is 609. The quantitative estimate of drug-likeness (QED) is 0.0795. The Morgan fingerprint density at radius 2 is 1.19 bits per heavy atom. The van der Waals surface area contributed by atoms with E-state index in [1.54, 1.807) is 6.08 Å². The topological polar surface area (TPSA) is 69.6 Å². The van der Waals surface area contributed by atoms with E-state index in [0.29, 0.717) is 6.42 Å². The third-order valence-electron chi connectivity index (χ3n) is 6.52. The summed E-state index contributed by atoms with van der Waals surface area (Å²) in [5.41, 5.74) is 0. The second-order valence-corrected chi connectivity index (χ2v) is 10.2. The van der Waals surface area contributed by atoms with E-state index in [1.165, 1.54) is 64.2 Å². The molecule has 0 heterocycles. The standard InChI is InChI=1S/C33H59NO3/c1-3-5-7-9-11-13-15-17-19-21-23-25-27-29-33(37)34-31(30-35)32(36)28-26-24-22-20-18-16-14-12-10-8-6-4-2/h7,9,13,15,18,20,26,28,31-32,35-36H,3-6,8,10-12,14,16-17,19,21-25,27,29-30H2,1-2H3,(H,34,37)/b9-7-,15-13-,20-18+,28-26+. The van der Waals surface area contributed by atoms with Crippen molar-refractivity contribution in [2.45, 2.75) is 148 Å². The fourth-order valence-corrected chi connectivity index (χ4v) is 4.11. The fraction of sp³-hybridized carbons (Fsp3) is 0.727. The Kier molecular flexibility index (Phi) is 27.6. The summed E-state index contributed by atoms with van der Waals surface area (Å²) in [7, 11) is 0. The van der Waals surface area contributed by atoms with Crippen molar-refractivity contribution < 1.29 is 15.0 Å². The largest absolute Gasteiger partial charge is 0.394 e. The van der Waals surface area contributed by atoms with E-state index in [9.17, 15) is 15.0 Å². The average molecular weight is 518 g/mol. The van der Waals surface area contributed by atoms with Crippen LogP contribution in [-0.4, -0.2) is 34.9 Å². The Morgan fingerprint density at radius 1 is 0.649 bits per heavy atom. The first kappa shape index (κ1) is 35.4. The summed E-state index contributed by atoms with van der Waals surface area (Å²) in [5.74, 6) is -0.0943. The van der Waals surface area contributed by atoms with Gasteiger partial charge in [0.05, 0.1) is 18.8 Å². The molecule has 214 valence electrons. The van der Waals surface area contributed by atoms with Crippen molar-refractivity contribution in [2.24, 2.45) is 0 Å². The number of carbonyl (C=O) groups excluding carboxylic acids is 1. The lowest BCUT2D eigenvalue weighted by atomic mass is 10.1. The van der Waals surface area contributed by atoms with Gasteiger partial charge in [-0.3, -0.25) is 4.79 Å². The van der Waals surface area contributed by atoms with E-state index < -0.39 is 12.1 Å². The minimum absolute atomic E-state index is 0.0943. The molecule has 0 radical (unpaired) electrons. The molecule has 0 aromatic heterocycles. The molecule has 4 nitrogen and oxygen atoms in total. The maximum absolute atomic E-state index is 12.2. The predicted octanol–water partition coefficient (Wildman–Crippen LogP) is 8.50. The summed E-state index contributed by atoms with van der Waals surface area (Å²) in [6.45, 7) is 4.17. The van der Waals surface area contributed by atoms with Crippen LogP contribution in [0.2, 0.25) is 0 Å². The molecule has 0 spiro atoms. The molecule has 0 aromatic carbocycles. The number of nitrogens with one attached hydrogen (secondary N) is 1. The van der Waals surface area contributed by atoms with Gasteiger partial charge in [0.15, 0.2) is 0 Å². The third kappa shape index (κ3) is 25.8. The number of unbranched alkanes of at least 4 members (excludes halogenated alkanes) is 13. The van der Waals surface area contributed by atoms with E-state index in [-0.39, 0.29) is 12.5 Å². The highest BCUT2D eigenvalue weighted by molar-refractivity contribution is 5.76. The molecule has 4 heteroatoms. The molecule has 0 aliphatic rings. The molecule has 0 aliphatic carbocycles. The van der Waals surface area contributed by atoms with Crippen molar-refractivity contribution in [3.8, 4) is 0 Å². The predicted molar refractivity (Wildman–Crippen MR) is 161 cm³/mol. The van der Waals surface area contributed by atoms with Crippen LogP contribution < -0.4 is 5.32 Å². The molecule has 0 saturated heterocycles. The van der Waals surface area contributed by atoms with E-state index >= 15 is 0 Å². The summed E-state index contributed by atoms with van der Waals surface area (Å²) in [6.07, 6.45) is 37.5. The van der Waals surface area contributed by atoms with E-state index in [4.69, 9.17) is 0 Å². The van der Waals surface area contributed by atoms with Crippen molar-refractivity contribution in [3.05, 3.63) is 48.6 Å². The lowest BCUT2D eigenvalue weighted by Crippen LogP contribution is -2.45. The van der Waals surface area contributed by atoms with Crippen molar-refractivity contribution >= 4 is 5.91 Å². The van der Waals surface area contributed by atoms with E-state index in [0.717, 1.165) is 51.4 Å². The van der Waals surface area contributed by atoms with Crippen molar-refractivity contribution in [2.75, 3.05) is 6.61 Å². The first-order valence-corrected chi connectivity index (χ1v) is 15.4. The van der Waals surface area contributed by atoms with Crippen LogP contribution in [-0.2, 0) is 4.79 Å². The highest BCUT2D eigenvalue weighted by Crippen LogP contribution is 2.09. The molecule has 0 rings (SSSR count). The van der Waals surface area contributed by atoms with E-state index in [2.05, 4.69) is 55.6 Å². The minimum atomic E-state index is -0.865. The SMILES string of the molecule is CCC/C=C\C/C=C\CCCCCCCC(=O)NC(CO)C(O)/C=C/CC/C=C/CCCCCCCC. The smallest absolute Gasteiger partial charge is 0.220 e. The van der Waals surface area contributed by atoms with Crippen LogP contribution in [0.1, 0.15) is 136 Å². The van der Waals surface area contributed by atoms with Gasteiger partial charge in [-0.25, -0.2) is 0 Å². The molecule has 3 N–H and O–H groups in total. The van der Waals surface area contributed by atoms with Crippen LogP contribution in [0.15, 0.2) is 48.6 Å². The number of carbonyl (C=O) groups is 1. The molecule has 2 atom stereocenters. The van der Waals surface area contributed by atoms with Gasteiger partial charge < -0.3 is 15.5 Å². The number of allylic oxidation sites excluding steroid dienone is 7. The van der Waals surface area contributed by atoms with Crippen LogP contribution in [0.5, 0.6) is 0 Å². The highest BCUT2D eigenvalue weighted by Gasteiger charge is 2.17. The van der Waals surface area contributed by atoms with Crippen LogP contribution in [0, 0.1) is 0 Å². The van der Waals surface area contributed by atoms with Crippen LogP contribution in [0.3, 0.4) is 0 Å².